The lowest BCUT2D eigenvalue weighted by Gasteiger charge is -2.28. The monoisotopic (exact) mass is 278 g/mol. The van der Waals surface area contributed by atoms with Gasteiger partial charge in [0.25, 0.3) is 0 Å². The van der Waals surface area contributed by atoms with Crippen LogP contribution >= 0.6 is 0 Å². The van der Waals surface area contributed by atoms with E-state index in [2.05, 4.69) is 32.6 Å². The SMILES string of the molecule is CC(C)CN(CCCOc1cccc(CN)c1)C(C)C. The molecule has 0 saturated heterocycles. The first-order valence-electron chi connectivity index (χ1n) is 7.68. The lowest BCUT2D eigenvalue weighted by molar-refractivity contribution is 0.179. The van der Waals surface area contributed by atoms with Crippen LogP contribution in [0.2, 0.25) is 0 Å². The van der Waals surface area contributed by atoms with E-state index in [9.17, 15) is 0 Å². The maximum atomic E-state index is 5.80. The molecule has 0 bridgehead atoms. The van der Waals surface area contributed by atoms with Crippen LogP contribution in [0.1, 0.15) is 39.7 Å². The zero-order valence-corrected chi connectivity index (χ0v) is 13.4. The van der Waals surface area contributed by atoms with Crippen molar-refractivity contribution in [3.8, 4) is 5.75 Å². The molecule has 0 fully saturated rings. The van der Waals surface area contributed by atoms with Crippen molar-refractivity contribution in [3.05, 3.63) is 29.8 Å². The summed E-state index contributed by atoms with van der Waals surface area (Å²) in [5.74, 6) is 1.63. The van der Waals surface area contributed by atoms with Gasteiger partial charge in [-0.25, -0.2) is 0 Å². The van der Waals surface area contributed by atoms with Crippen molar-refractivity contribution in [1.29, 1.82) is 0 Å². The summed E-state index contributed by atoms with van der Waals surface area (Å²) in [5.41, 5.74) is 6.75. The Labute approximate surface area is 124 Å². The molecule has 0 amide bonds. The molecular formula is C17H30N2O. The predicted molar refractivity (Wildman–Crippen MR) is 86.0 cm³/mol. The van der Waals surface area contributed by atoms with Crippen LogP contribution in [0.25, 0.3) is 0 Å². The summed E-state index contributed by atoms with van der Waals surface area (Å²) in [6.45, 7) is 12.6. The third-order valence-corrected chi connectivity index (χ3v) is 3.32. The van der Waals surface area contributed by atoms with E-state index in [4.69, 9.17) is 10.5 Å². The van der Waals surface area contributed by atoms with Crippen LogP contribution in [0.4, 0.5) is 0 Å². The number of rotatable bonds is 9. The van der Waals surface area contributed by atoms with Crippen molar-refractivity contribution in [2.45, 2.75) is 46.7 Å². The Hall–Kier alpha value is -1.06. The predicted octanol–water partition coefficient (Wildman–Crippen LogP) is 3.28. The minimum atomic E-state index is 0.562. The number of hydrogen-bond acceptors (Lipinski definition) is 3. The van der Waals surface area contributed by atoms with Crippen molar-refractivity contribution in [2.24, 2.45) is 11.7 Å². The number of benzene rings is 1. The van der Waals surface area contributed by atoms with Gasteiger partial charge in [0.05, 0.1) is 6.61 Å². The Morgan fingerprint density at radius 1 is 1.20 bits per heavy atom. The Morgan fingerprint density at radius 3 is 2.55 bits per heavy atom. The molecule has 2 N–H and O–H groups in total. The summed E-state index contributed by atoms with van der Waals surface area (Å²) >= 11 is 0. The molecule has 0 aliphatic rings. The van der Waals surface area contributed by atoms with Crippen LogP contribution < -0.4 is 10.5 Å². The van der Waals surface area contributed by atoms with Gasteiger partial charge in [-0.15, -0.1) is 0 Å². The van der Waals surface area contributed by atoms with E-state index in [1.54, 1.807) is 0 Å². The summed E-state index contributed by atoms with van der Waals surface area (Å²) < 4.78 is 5.80. The number of hydrogen-bond donors (Lipinski definition) is 1. The minimum absolute atomic E-state index is 0.562. The molecule has 0 aromatic heterocycles. The lowest BCUT2D eigenvalue weighted by atomic mass is 10.1. The van der Waals surface area contributed by atoms with Gasteiger partial charge in [-0.05, 0) is 43.9 Å². The highest BCUT2D eigenvalue weighted by atomic mass is 16.5. The molecule has 0 atom stereocenters. The first kappa shape index (κ1) is 17.0. The van der Waals surface area contributed by atoms with Gasteiger partial charge in [-0.1, -0.05) is 26.0 Å². The zero-order valence-electron chi connectivity index (χ0n) is 13.4. The summed E-state index contributed by atoms with van der Waals surface area (Å²) in [6.07, 6.45) is 1.05. The molecule has 1 aromatic rings. The minimum Gasteiger partial charge on any atom is -0.494 e. The smallest absolute Gasteiger partial charge is 0.119 e. The number of nitrogens with zero attached hydrogens (tertiary/aromatic N) is 1. The van der Waals surface area contributed by atoms with Crippen LogP contribution in [-0.2, 0) is 6.54 Å². The second-order valence-corrected chi connectivity index (χ2v) is 6.04. The maximum Gasteiger partial charge on any atom is 0.119 e. The van der Waals surface area contributed by atoms with Crippen molar-refractivity contribution in [1.82, 2.24) is 4.90 Å². The van der Waals surface area contributed by atoms with Gasteiger partial charge in [-0.2, -0.15) is 0 Å². The van der Waals surface area contributed by atoms with Crippen LogP contribution in [0.15, 0.2) is 24.3 Å². The fourth-order valence-electron chi connectivity index (χ4n) is 2.25. The third-order valence-electron chi connectivity index (χ3n) is 3.32. The largest absolute Gasteiger partial charge is 0.494 e. The van der Waals surface area contributed by atoms with E-state index >= 15 is 0 Å². The quantitative estimate of drug-likeness (QED) is 0.705. The third kappa shape index (κ3) is 6.40. The molecule has 1 rings (SSSR count). The van der Waals surface area contributed by atoms with E-state index in [1.807, 2.05) is 24.3 Å². The summed E-state index contributed by atoms with van der Waals surface area (Å²) in [4.78, 5) is 2.52. The van der Waals surface area contributed by atoms with E-state index < -0.39 is 0 Å². The van der Waals surface area contributed by atoms with Crippen LogP contribution in [0.5, 0.6) is 5.75 Å². The van der Waals surface area contributed by atoms with E-state index in [0.717, 1.165) is 37.4 Å². The molecule has 0 aliphatic carbocycles. The fourth-order valence-corrected chi connectivity index (χ4v) is 2.25. The summed E-state index contributed by atoms with van der Waals surface area (Å²) in [7, 11) is 0. The van der Waals surface area contributed by atoms with E-state index in [1.165, 1.54) is 0 Å². The van der Waals surface area contributed by atoms with Gasteiger partial charge in [0.15, 0.2) is 0 Å². The lowest BCUT2D eigenvalue weighted by Crippen LogP contribution is -2.35. The molecule has 1 aromatic carbocycles. The highest BCUT2D eigenvalue weighted by Crippen LogP contribution is 2.13. The second kappa shape index (κ2) is 8.98. The molecule has 20 heavy (non-hydrogen) atoms. The Kier molecular flexibility index (Phi) is 7.63. The van der Waals surface area contributed by atoms with Crippen molar-refractivity contribution >= 4 is 0 Å². The molecular weight excluding hydrogens is 248 g/mol. The fraction of sp³-hybridized carbons (Fsp3) is 0.647. The van der Waals surface area contributed by atoms with E-state index in [-0.39, 0.29) is 0 Å². The normalized spacial score (nSPS) is 11.6. The van der Waals surface area contributed by atoms with Crippen molar-refractivity contribution < 1.29 is 4.74 Å². The summed E-state index contributed by atoms with van der Waals surface area (Å²) in [6, 6.07) is 8.63. The van der Waals surface area contributed by atoms with Gasteiger partial charge < -0.3 is 15.4 Å². The molecule has 0 radical (unpaired) electrons. The van der Waals surface area contributed by atoms with Gasteiger partial charge >= 0.3 is 0 Å². The Balaban J connectivity index is 2.32. The molecule has 0 aliphatic heterocycles. The molecule has 0 spiro atoms. The molecule has 114 valence electrons. The summed E-state index contributed by atoms with van der Waals surface area (Å²) in [5, 5.41) is 0. The van der Waals surface area contributed by atoms with Gasteiger partial charge in [-0.3, -0.25) is 0 Å². The first-order chi connectivity index (χ1) is 9.52. The average Bonchev–Trinajstić information content (AvgIpc) is 2.41. The molecule has 3 heteroatoms. The maximum absolute atomic E-state index is 5.80. The highest BCUT2D eigenvalue weighted by molar-refractivity contribution is 5.28. The molecule has 0 unspecified atom stereocenters. The van der Waals surface area contributed by atoms with Crippen molar-refractivity contribution in [2.75, 3.05) is 19.7 Å². The topological polar surface area (TPSA) is 38.5 Å². The van der Waals surface area contributed by atoms with Crippen LogP contribution in [-0.4, -0.2) is 30.6 Å². The van der Waals surface area contributed by atoms with Crippen molar-refractivity contribution in [3.63, 3.8) is 0 Å². The standard InChI is InChI=1S/C17H30N2O/c1-14(2)13-19(15(3)4)9-6-10-20-17-8-5-7-16(11-17)12-18/h5,7-8,11,14-15H,6,9-10,12-13,18H2,1-4H3. The molecule has 0 saturated carbocycles. The van der Waals surface area contributed by atoms with Gasteiger partial charge in [0.1, 0.15) is 5.75 Å². The molecule has 0 heterocycles. The highest BCUT2D eigenvalue weighted by Gasteiger charge is 2.10. The van der Waals surface area contributed by atoms with Gasteiger partial charge in [0, 0.05) is 25.7 Å². The van der Waals surface area contributed by atoms with Gasteiger partial charge in [0.2, 0.25) is 0 Å². The second-order valence-electron chi connectivity index (χ2n) is 6.04. The van der Waals surface area contributed by atoms with E-state index in [0.29, 0.717) is 18.5 Å². The average molecular weight is 278 g/mol. The first-order valence-corrected chi connectivity index (χ1v) is 7.68. The zero-order chi connectivity index (χ0) is 15.0. The van der Waals surface area contributed by atoms with Crippen LogP contribution in [0.3, 0.4) is 0 Å². The number of ether oxygens (including phenoxy) is 1. The number of nitrogens with two attached hydrogens (primary N) is 1. The van der Waals surface area contributed by atoms with Crippen LogP contribution in [0, 0.1) is 5.92 Å². The Bertz CT molecular complexity index is 377. The molecule has 3 nitrogen and oxygen atoms in total. The Morgan fingerprint density at radius 2 is 1.95 bits per heavy atom.